The highest BCUT2D eigenvalue weighted by Gasteiger charge is 2.05. The Labute approximate surface area is 99.1 Å². The van der Waals surface area contributed by atoms with E-state index in [1.807, 2.05) is 22.6 Å². The minimum absolute atomic E-state index is 0.507. The van der Waals surface area contributed by atoms with Crippen LogP contribution >= 0.6 is 34.2 Å². The second-order valence-corrected chi connectivity index (χ2v) is 3.82. The van der Waals surface area contributed by atoms with E-state index in [9.17, 15) is 4.79 Å². The molecule has 74 valence electrons. The Kier molecular flexibility index (Phi) is 4.15. The van der Waals surface area contributed by atoms with Gasteiger partial charge in [-0.3, -0.25) is 4.79 Å². The van der Waals surface area contributed by atoms with Crippen molar-refractivity contribution in [2.75, 3.05) is 5.32 Å². The molecule has 0 aliphatic carbocycles. The van der Waals surface area contributed by atoms with Gasteiger partial charge in [-0.05, 0) is 34.7 Å². The molecule has 0 spiro atoms. The smallest absolute Gasteiger partial charge is 0.270 e. The van der Waals surface area contributed by atoms with Crippen LogP contribution in [0.2, 0.25) is 5.02 Å². The lowest BCUT2D eigenvalue weighted by atomic mass is 10.3. The number of nitrogens with one attached hydrogen (secondary N) is 1. The van der Waals surface area contributed by atoms with Crippen LogP contribution in [0.15, 0.2) is 23.4 Å². The molecule has 1 aromatic carbocycles. The lowest BCUT2D eigenvalue weighted by Gasteiger charge is -2.05. The maximum Gasteiger partial charge on any atom is 0.270 e. The SMILES string of the molecule is O=C(/C=N/O)Nc1cccc(Cl)c1I. The molecule has 0 atom stereocenters. The summed E-state index contributed by atoms with van der Waals surface area (Å²) in [6.07, 6.45) is 0.775. The van der Waals surface area contributed by atoms with Crippen LogP contribution in [-0.2, 0) is 4.79 Å². The Hall–Kier alpha value is -0.820. The zero-order valence-electron chi connectivity index (χ0n) is 6.87. The molecule has 1 rings (SSSR count). The first-order chi connectivity index (χ1) is 6.65. The van der Waals surface area contributed by atoms with E-state index < -0.39 is 5.91 Å². The number of anilines is 1. The Morgan fingerprint density at radius 1 is 1.64 bits per heavy atom. The number of carbonyl (C=O) groups excluding carboxylic acids is 1. The van der Waals surface area contributed by atoms with Gasteiger partial charge in [-0.25, -0.2) is 0 Å². The number of carbonyl (C=O) groups is 1. The lowest BCUT2D eigenvalue weighted by molar-refractivity contribution is -0.110. The number of rotatable bonds is 2. The van der Waals surface area contributed by atoms with E-state index in [2.05, 4.69) is 10.5 Å². The standard InChI is InChI=1S/C8H6ClIN2O2/c9-5-2-1-3-6(8(5)10)12-7(13)4-11-14/h1-4,14H,(H,12,13)/b11-4+. The average molecular weight is 325 g/mol. The highest BCUT2D eigenvalue weighted by Crippen LogP contribution is 2.25. The highest BCUT2D eigenvalue weighted by atomic mass is 127. The summed E-state index contributed by atoms with van der Waals surface area (Å²) in [6, 6.07) is 5.14. The Morgan fingerprint density at radius 2 is 2.36 bits per heavy atom. The van der Waals surface area contributed by atoms with Crippen molar-refractivity contribution in [3.8, 4) is 0 Å². The van der Waals surface area contributed by atoms with E-state index in [4.69, 9.17) is 16.8 Å². The Morgan fingerprint density at radius 3 is 3.00 bits per heavy atom. The summed E-state index contributed by atoms with van der Waals surface area (Å²) in [7, 11) is 0. The highest BCUT2D eigenvalue weighted by molar-refractivity contribution is 14.1. The molecule has 4 nitrogen and oxygen atoms in total. The van der Waals surface area contributed by atoms with Gasteiger partial charge in [0.2, 0.25) is 0 Å². The molecule has 0 saturated carbocycles. The van der Waals surface area contributed by atoms with Crippen molar-refractivity contribution < 1.29 is 10.0 Å². The van der Waals surface area contributed by atoms with E-state index in [1.165, 1.54) is 0 Å². The minimum Gasteiger partial charge on any atom is -0.411 e. The number of hydrogen-bond donors (Lipinski definition) is 2. The van der Waals surface area contributed by atoms with Gasteiger partial charge in [-0.1, -0.05) is 22.8 Å². The van der Waals surface area contributed by atoms with E-state index in [0.29, 0.717) is 10.7 Å². The third-order valence-corrected chi connectivity index (χ3v) is 3.18. The van der Waals surface area contributed by atoms with Crippen LogP contribution in [-0.4, -0.2) is 17.3 Å². The first-order valence-electron chi connectivity index (χ1n) is 3.57. The topological polar surface area (TPSA) is 61.7 Å². The van der Waals surface area contributed by atoms with Crippen molar-refractivity contribution in [3.63, 3.8) is 0 Å². The van der Waals surface area contributed by atoms with Gasteiger partial charge in [0.1, 0.15) is 6.21 Å². The molecule has 0 aliphatic rings. The molecular weight excluding hydrogens is 318 g/mol. The first-order valence-corrected chi connectivity index (χ1v) is 5.03. The number of hydrogen-bond acceptors (Lipinski definition) is 3. The largest absolute Gasteiger partial charge is 0.411 e. The Bertz CT molecular complexity index is 382. The van der Waals surface area contributed by atoms with Crippen LogP contribution in [0.4, 0.5) is 5.69 Å². The van der Waals surface area contributed by atoms with Crippen molar-refractivity contribution >= 4 is 52.0 Å². The van der Waals surface area contributed by atoms with Crippen molar-refractivity contribution in [1.82, 2.24) is 0 Å². The summed E-state index contributed by atoms with van der Waals surface area (Å²) >= 11 is 7.85. The molecule has 1 aromatic rings. The van der Waals surface area contributed by atoms with Crippen molar-refractivity contribution in [1.29, 1.82) is 0 Å². The fourth-order valence-electron chi connectivity index (χ4n) is 0.818. The number of oxime groups is 1. The second kappa shape index (κ2) is 5.16. The third-order valence-electron chi connectivity index (χ3n) is 1.38. The van der Waals surface area contributed by atoms with Crippen molar-refractivity contribution in [2.24, 2.45) is 5.16 Å². The maximum absolute atomic E-state index is 11.0. The van der Waals surface area contributed by atoms with E-state index in [-0.39, 0.29) is 0 Å². The summed E-state index contributed by atoms with van der Waals surface area (Å²) in [5.41, 5.74) is 0.586. The van der Waals surface area contributed by atoms with Crippen molar-refractivity contribution in [2.45, 2.75) is 0 Å². The molecule has 0 aliphatic heterocycles. The molecule has 0 bridgehead atoms. The van der Waals surface area contributed by atoms with Gasteiger partial charge in [0.05, 0.1) is 14.3 Å². The zero-order chi connectivity index (χ0) is 10.6. The van der Waals surface area contributed by atoms with Gasteiger partial charge >= 0.3 is 0 Å². The van der Waals surface area contributed by atoms with Gasteiger partial charge in [0.15, 0.2) is 0 Å². The lowest BCUT2D eigenvalue weighted by Crippen LogP contribution is -2.13. The average Bonchev–Trinajstić information content (AvgIpc) is 2.13. The molecule has 1 amide bonds. The minimum atomic E-state index is -0.507. The number of halogens is 2. The normalized spacial score (nSPS) is 10.4. The fraction of sp³-hybridized carbons (Fsp3) is 0. The summed E-state index contributed by atoms with van der Waals surface area (Å²) in [5.74, 6) is -0.507. The van der Waals surface area contributed by atoms with Gasteiger partial charge in [-0.2, -0.15) is 0 Å². The van der Waals surface area contributed by atoms with E-state index >= 15 is 0 Å². The number of nitrogens with zero attached hydrogens (tertiary/aromatic N) is 1. The van der Waals surface area contributed by atoms with Crippen molar-refractivity contribution in [3.05, 3.63) is 26.8 Å². The van der Waals surface area contributed by atoms with Crippen LogP contribution in [0, 0.1) is 3.57 Å². The summed E-state index contributed by atoms with van der Waals surface area (Å²) < 4.78 is 0.742. The number of benzene rings is 1. The van der Waals surface area contributed by atoms with Gasteiger partial charge < -0.3 is 10.5 Å². The summed E-state index contributed by atoms with van der Waals surface area (Å²) in [4.78, 5) is 11.0. The van der Waals surface area contributed by atoms with Gasteiger partial charge in [0, 0.05) is 0 Å². The molecule has 6 heteroatoms. The monoisotopic (exact) mass is 324 g/mol. The molecule has 0 aromatic heterocycles. The van der Waals surface area contributed by atoms with E-state index in [1.54, 1.807) is 18.2 Å². The van der Waals surface area contributed by atoms with E-state index in [0.717, 1.165) is 9.78 Å². The predicted molar refractivity (Wildman–Crippen MR) is 63.1 cm³/mol. The zero-order valence-corrected chi connectivity index (χ0v) is 9.78. The molecule has 14 heavy (non-hydrogen) atoms. The molecule has 2 N–H and O–H groups in total. The van der Waals surface area contributed by atoms with Crippen LogP contribution in [0.1, 0.15) is 0 Å². The molecule has 0 unspecified atom stereocenters. The molecule has 0 heterocycles. The number of amides is 1. The molecule has 0 radical (unpaired) electrons. The Balaban J connectivity index is 2.87. The summed E-state index contributed by atoms with van der Waals surface area (Å²) in [6.45, 7) is 0. The molecular formula is C8H6ClIN2O2. The fourth-order valence-corrected chi connectivity index (χ4v) is 1.49. The van der Waals surface area contributed by atoms with Gasteiger partial charge in [0.25, 0.3) is 5.91 Å². The maximum atomic E-state index is 11.0. The summed E-state index contributed by atoms with van der Waals surface area (Å²) in [5, 5.41) is 13.8. The quantitative estimate of drug-likeness (QED) is 0.380. The predicted octanol–water partition coefficient (Wildman–Crippen LogP) is 2.34. The van der Waals surface area contributed by atoms with Crippen LogP contribution in [0.25, 0.3) is 0 Å². The van der Waals surface area contributed by atoms with Crippen LogP contribution < -0.4 is 5.32 Å². The molecule has 0 saturated heterocycles. The second-order valence-electron chi connectivity index (χ2n) is 2.34. The molecule has 0 fully saturated rings. The van der Waals surface area contributed by atoms with Crippen LogP contribution in [0.3, 0.4) is 0 Å². The third kappa shape index (κ3) is 2.85. The van der Waals surface area contributed by atoms with Crippen LogP contribution in [0.5, 0.6) is 0 Å². The van der Waals surface area contributed by atoms with Gasteiger partial charge in [-0.15, -0.1) is 0 Å². The first kappa shape index (κ1) is 11.3.